The van der Waals surface area contributed by atoms with Crippen molar-refractivity contribution in [2.75, 3.05) is 0 Å². The zero-order valence-corrected chi connectivity index (χ0v) is 12.9. The molecule has 5 heteroatoms. The number of fused-ring (bicyclic) bond motifs is 1. The van der Waals surface area contributed by atoms with Crippen molar-refractivity contribution >= 4 is 39.3 Å². The van der Waals surface area contributed by atoms with Crippen LogP contribution in [-0.4, -0.2) is 16.1 Å². The van der Waals surface area contributed by atoms with Gasteiger partial charge in [0.1, 0.15) is 5.75 Å². The number of aromatic carboxylic acids is 1. The van der Waals surface area contributed by atoms with Crippen LogP contribution in [-0.2, 0) is 0 Å². The predicted molar refractivity (Wildman–Crippen MR) is 87.9 cm³/mol. The van der Waals surface area contributed by atoms with Crippen molar-refractivity contribution in [2.45, 2.75) is 0 Å². The normalized spacial score (nSPS) is 10.5. The first kappa shape index (κ1) is 13.8. The molecule has 3 rings (SSSR count). The maximum atomic E-state index is 11.2. The van der Waals surface area contributed by atoms with E-state index in [0.717, 1.165) is 14.3 Å². The number of halogens is 1. The van der Waals surface area contributed by atoms with E-state index in [-0.39, 0.29) is 5.69 Å². The Hall–Kier alpha value is -2.15. The molecule has 1 heterocycles. The van der Waals surface area contributed by atoms with E-state index in [2.05, 4.69) is 27.6 Å². The zero-order valence-electron chi connectivity index (χ0n) is 10.8. The monoisotopic (exact) mass is 391 g/mol. The van der Waals surface area contributed by atoms with Crippen LogP contribution in [0.2, 0.25) is 0 Å². The Bertz CT molecular complexity index is 815. The number of ether oxygens (including phenoxy) is 1. The van der Waals surface area contributed by atoms with Gasteiger partial charge in [0.25, 0.3) is 0 Å². The van der Waals surface area contributed by atoms with Gasteiger partial charge in [0, 0.05) is 8.96 Å². The Morgan fingerprint density at radius 2 is 1.81 bits per heavy atom. The smallest absolute Gasteiger partial charge is 0.354 e. The number of carboxylic acid groups (broad SMARTS) is 1. The van der Waals surface area contributed by atoms with E-state index >= 15 is 0 Å². The van der Waals surface area contributed by atoms with Crippen LogP contribution in [0.5, 0.6) is 11.6 Å². The topological polar surface area (TPSA) is 59.4 Å². The van der Waals surface area contributed by atoms with Gasteiger partial charge in [0.15, 0.2) is 5.69 Å². The number of hydrogen-bond donors (Lipinski definition) is 1. The third kappa shape index (κ3) is 2.97. The lowest BCUT2D eigenvalue weighted by Crippen LogP contribution is -2.02. The molecule has 0 atom stereocenters. The van der Waals surface area contributed by atoms with Crippen molar-refractivity contribution in [1.82, 2.24) is 4.98 Å². The van der Waals surface area contributed by atoms with E-state index in [9.17, 15) is 4.79 Å². The third-order valence-corrected chi connectivity index (χ3v) is 3.67. The van der Waals surface area contributed by atoms with Gasteiger partial charge in [-0.15, -0.1) is 0 Å². The number of aromatic nitrogens is 1. The third-order valence-electron chi connectivity index (χ3n) is 2.95. The van der Waals surface area contributed by atoms with Crippen molar-refractivity contribution in [3.63, 3.8) is 0 Å². The average Bonchev–Trinajstić information content (AvgIpc) is 2.49. The molecule has 0 fully saturated rings. The highest BCUT2D eigenvalue weighted by atomic mass is 127. The molecule has 0 saturated carbocycles. The molecule has 0 saturated heterocycles. The van der Waals surface area contributed by atoms with Crippen LogP contribution in [0.25, 0.3) is 10.8 Å². The van der Waals surface area contributed by atoms with Gasteiger partial charge in [0.05, 0.1) is 0 Å². The van der Waals surface area contributed by atoms with E-state index < -0.39 is 5.97 Å². The van der Waals surface area contributed by atoms with Crippen LogP contribution < -0.4 is 4.74 Å². The van der Waals surface area contributed by atoms with Crippen molar-refractivity contribution < 1.29 is 14.6 Å². The second kappa shape index (κ2) is 5.69. The summed E-state index contributed by atoms with van der Waals surface area (Å²) in [5.41, 5.74) is -0.0331. The average molecular weight is 391 g/mol. The minimum absolute atomic E-state index is 0.0331. The summed E-state index contributed by atoms with van der Waals surface area (Å²) in [5, 5.41) is 10.7. The van der Waals surface area contributed by atoms with Crippen LogP contribution in [0.4, 0.5) is 0 Å². The minimum Gasteiger partial charge on any atom is -0.477 e. The Morgan fingerprint density at radius 3 is 2.52 bits per heavy atom. The molecule has 0 aliphatic carbocycles. The van der Waals surface area contributed by atoms with Crippen molar-refractivity contribution in [1.29, 1.82) is 0 Å². The molecule has 21 heavy (non-hydrogen) atoms. The van der Waals surface area contributed by atoms with Crippen LogP contribution >= 0.6 is 22.6 Å². The van der Waals surface area contributed by atoms with Crippen LogP contribution in [0, 0.1) is 3.57 Å². The Labute approximate surface area is 134 Å². The SMILES string of the molecule is O=C(O)c1cc2ccccc2c(Oc2ccc(I)cc2)n1. The fourth-order valence-corrected chi connectivity index (χ4v) is 2.33. The number of carboxylic acids is 1. The fraction of sp³-hybridized carbons (Fsp3) is 0. The number of carbonyl (C=O) groups is 1. The summed E-state index contributed by atoms with van der Waals surface area (Å²) < 4.78 is 6.85. The number of hydrogen-bond acceptors (Lipinski definition) is 3. The highest BCUT2D eigenvalue weighted by Gasteiger charge is 2.12. The van der Waals surface area contributed by atoms with Gasteiger partial charge in [-0.05, 0) is 64.4 Å². The molecule has 0 amide bonds. The van der Waals surface area contributed by atoms with Crippen molar-refractivity contribution in [3.8, 4) is 11.6 Å². The van der Waals surface area contributed by atoms with Gasteiger partial charge in [-0.1, -0.05) is 18.2 Å². The van der Waals surface area contributed by atoms with E-state index in [1.807, 2.05) is 48.5 Å². The van der Waals surface area contributed by atoms with Crippen LogP contribution in [0.1, 0.15) is 10.5 Å². The molecule has 0 aliphatic rings. The summed E-state index contributed by atoms with van der Waals surface area (Å²) in [4.78, 5) is 15.3. The summed E-state index contributed by atoms with van der Waals surface area (Å²) in [5.74, 6) is -0.157. The second-order valence-electron chi connectivity index (χ2n) is 4.39. The zero-order chi connectivity index (χ0) is 14.8. The molecule has 0 unspecified atom stereocenters. The summed E-state index contributed by atoms with van der Waals surface area (Å²) >= 11 is 2.21. The lowest BCUT2D eigenvalue weighted by molar-refractivity contribution is 0.0690. The van der Waals surface area contributed by atoms with E-state index in [0.29, 0.717) is 11.6 Å². The van der Waals surface area contributed by atoms with Crippen LogP contribution in [0.3, 0.4) is 0 Å². The van der Waals surface area contributed by atoms with Gasteiger partial charge < -0.3 is 9.84 Å². The number of rotatable bonds is 3. The van der Waals surface area contributed by atoms with E-state index in [1.54, 1.807) is 6.07 Å². The van der Waals surface area contributed by atoms with Gasteiger partial charge in [-0.3, -0.25) is 0 Å². The highest BCUT2D eigenvalue weighted by molar-refractivity contribution is 14.1. The molecule has 1 N–H and O–H groups in total. The van der Waals surface area contributed by atoms with Gasteiger partial charge in [0.2, 0.25) is 5.88 Å². The molecule has 0 bridgehead atoms. The van der Waals surface area contributed by atoms with Gasteiger partial charge >= 0.3 is 5.97 Å². The number of pyridine rings is 1. The van der Waals surface area contributed by atoms with Gasteiger partial charge in [-0.2, -0.15) is 0 Å². The molecule has 3 aromatic rings. The standard InChI is InChI=1S/C16H10INO3/c17-11-5-7-12(8-6-11)21-15-13-4-2-1-3-10(13)9-14(18-15)16(19)20/h1-9H,(H,19,20). The summed E-state index contributed by atoms with van der Waals surface area (Å²) in [7, 11) is 0. The van der Waals surface area contributed by atoms with Crippen molar-refractivity contribution in [2.24, 2.45) is 0 Å². The van der Waals surface area contributed by atoms with Gasteiger partial charge in [-0.25, -0.2) is 9.78 Å². The predicted octanol–water partition coefficient (Wildman–Crippen LogP) is 4.33. The molecule has 104 valence electrons. The fourth-order valence-electron chi connectivity index (χ4n) is 1.97. The highest BCUT2D eigenvalue weighted by Crippen LogP contribution is 2.29. The molecule has 4 nitrogen and oxygen atoms in total. The van der Waals surface area contributed by atoms with E-state index in [4.69, 9.17) is 9.84 Å². The van der Waals surface area contributed by atoms with E-state index in [1.165, 1.54) is 0 Å². The molecule has 0 spiro atoms. The first-order valence-corrected chi connectivity index (χ1v) is 7.28. The molecule has 0 radical (unpaired) electrons. The molecule has 1 aromatic heterocycles. The number of benzene rings is 2. The largest absolute Gasteiger partial charge is 0.477 e. The minimum atomic E-state index is -1.08. The summed E-state index contributed by atoms with van der Waals surface area (Å²) in [6, 6.07) is 16.4. The maximum absolute atomic E-state index is 11.2. The Morgan fingerprint density at radius 1 is 1.10 bits per heavy atom. The number of nitrogens with zero attached hydrogens (tertiary/aromatic N) is 1. The Kier molecular flexibility index (Phi) is 3.74. The quantitative estimate of drug-likeness (QED) is 0.676. The first-order valence-electron chi connectivity index (χ1n) is 6.20. The molecule has 0 aliphatic heterocycles. The lowest BCUT2D eigenvalue weighted by atomic mass is 10.1. The maximum Gasteiger partial charge on any atom is 0.354 e. The summed E-state index contributed by atoms with van der Waals surface area (Å²) in [6.45, 7) is 0. The molecule has 2 aromatic carbocycles. The molecular weight excluding hydrogens is 381 g/mol. The van der Waals surface area contributed by atoms with Crippen molar-refractivity contribution in [3.05, 3.63) is 63.9 Å². The summed E-state index contributed by atoms with van der Waals surface area (Å²) in [6.07, 6.45) is 0. The van der Waals surface area contributed by atoms with Crippen LogP contribution in [0.15, 0.2) is 54.6 Å². The lowest BCUT2D eigenvalue weighted by Gasteiger charge is -2.09. The first-order chi connectivity index (χ1) is 10.1. The Balaban J connectivity index is 2.11. The molecular formula is C16H10INO3. The second-order valence-corrected chi connectivity index (χ2v) is 5.64.